The van der Waals surface area contributed by atoms with E-state index in [0.717, 1.165) is 5.92 Å². The third kappa shape index (κ3) is 2.55. The van der Waals surface area contributed by atoms with Crippen LogP contribution in [0.15, 0.2) is 24.3 Å². The van der Waals surface area contributed by atoms with E-state index in [-0.39, 0.29) is 0 Å². The van der Waals surface area contributed by atoms with Gasteiger partial charge in [0.15, 0.2) is 0 Å². The Labute approximate surface area is 106 Å². The Morgan fingerprint density at radius 3 is 2.35 bits per heavy atom. The van der Waals surface area contributed by atoms with Crippen molar-refractivity contribution in [2.24, 2.45) is 11.3 Å². The van der Waals surface area contributed by atoms with Crippen molar-refractivity contribution in [1.82, 2.24) is 4.90 Å². The molecule has 1 saturated heterocycles. The molecule has 1 fully saturated rings. The molecule has 0 radical (unpaired) electrons. The molecular formula is C16H25N. The maximum absolute atomic E-state index is 2.48. The zero-order valence-electron chi connectivity index (χ0n) is 11.8. The van der Waals surface area contributed by atoms with Crippen molar-refractivity contribution in [3.63, 3.8) is 0 Å². The summed E-state index contributed by atoms with van der Waals surface area (Å²) in [6.07, 6.45) is 0. The van der Waals surface area contributed by atoms with Crippen molar-refractivity contribution in [2.75, 3.05) is 20.1 Å². The Morgan fingerprint density at radius 1 is 1.12 bits per heavy atom. The van der Waals surface area contributed by atoms with Crippen LogP contribution in [0.1, 0.15) is 37.8 Å². The van der Waals surface area contributed by atoms with Crippen molar-refractivity contribution in [1.29, 1.82) is 0 Å². The van der Waals surface area contributed by atoms with Gasteiger partial charge in [-0.05, 0) is 36.4 Å². The molecule has 1 heteroatoms. The number of likely N-dealkylation sites (tertiary alicyclic amines) is 1. The molecule has 0 N–H and O–H groups in total. The Kier molecular flexibility index (Phi) is 3.31. The van der Waals surface area contributed by atoms with Gasteiger partial charge in [0.25, 0.3) is 0 Å². The van der Waals surface area contributed by atoms with Gasteiger partial charge >= 0.3 is 0 Å². The largest absolute Gasteiger partial charge is 0.305 e. The first-order valence-electron chi connectivity index (χ1n) is 6.63. The van der Waals surface area contributed by atoms with Crippen LogP contribution >= 0.6 is 0 Å². The standard InChI is InChI=1S/C16H25N/c1-12-8-6-7-9-13(12)14-10-17(5)11-15(14)16(2,3)4/h6-9,14-15H,10-11H2,1-5H3. The maximum atomic E-state index is 2.48. The van der Waals surface area contributed by atoms with Crippen molar-refractivity contribution in [3.8, 4) is 0 Å². The fraction of sp³-hybridized carbons (Fsp3) is 0.625. The van der Waals surface area contributed by atoms with Gasteiger partial charge in [-0.3, -0.25) is 0 Å². The Hall–Kier alpha value is -0.820. The zero-order valence-corrected chi connectivity index (χ0v) is 11.8. The minimum atomic E-state index is 0.387. The summed E-state index contributed by atoms with van der Waals surface area (Å²) < 4.78 is 0. The van der Waals surface area contributed by atoms with Gasteiger partial charge in [-0.2, -0.15) is 0 Å². The van der Waals surface area contributed by atoms with Gasteiger partial charge in [-0.1, -0.05) is 45.0 Å². The number of aryl methyl sites for hydroxylation is 1. The van der Waals surface area contributed by atoms with Crippen molar-refractivity contribution < 1.29 is 0 Å². The minimum Gasteiger partial charge on any atom is -0.305 e. The van der Waals surface area contributed by atoms with E-state index in [1.54, 1.807) is 5.56 Å². The van der Waals surface area contributed by atoms with Gasteiger partial charge < -0.3 is 4.90 Å². The molecule has 1 aromatic carbocycles. The molecule has 0 amide bonds. The Morgan fingerprint density at radius 2 is 1.76 bits per heavy atom. The molecule has 0 aliphatic carbocycles. The van der Waals surface area contributed by atoms with E-state index < -0.39 is 0 Å². The highest BCUT2D eigenvalue weighted by Crippen LogP contribution is 2.43. The first-order chi connectivity index (χ1) is 7.89. The number of hydrogen-bond donors (Lipinski definition) is 0. The van der Waals surface area contributed by atoms with Crippen LogP contribution in [0.25, 0.3) is 0 Å². The summed E-state index contributed by atoms with van der Waals surface area (Å²) in [5.74, 6) is 1.45. The van der Waals surface area contributed by atoms with Crippen LogP contribution in [-0.2, 0) is 0 Å². The van der Waals surface area contributed by atoms with Crippen molar-refractivity contribution >= 4 is 0 Å². The van der Waals surface area contributed by atoms with Gasteiger partial charge in [0.1, 0.15) is 0 Å². The number of benzene rings is 1. The van der Waals surface area contributed by atoms with E-state index in [1.165, 1.54) is 18.7 Å². The van der Waals surface area contributed by atoms with Crippen molar-refractivity contribution in [3.05, 3.63) is 35.4 Å². The third-order valence-electron chi connectivity index (χ3n) is 4.20. The van der Waals surface area contributed by atoms with E-state index in [2.05, 4.69) is 63.9 Å². The average molecular weight is 231 g/mol. The number of likely N-dealkylation sites (N-methyl/N-ethyl adjacent to an activating group) is 1. The topological polar surface area (TPSA) is 3.24 Å². The molecule has 0 bridgehead atoms. The van der Waals surface area contributed by atoms with Crippen molar-refractivity contribution in [2.45, 2.75) is 33.6 Å². The highest BCUT2D eigenvalue weighted by molar-refractivity contribution is 5.31. The van der Waals surface area contributed by atoms with Crippen LogP contribution in [0.2, 0.25) is 0 Å². The lowest BCUT2D eigenvalue weighted by Crippen LogP contribution is -2.27. The molecule has 1 aromatic rings. The van der Waals surface area contributed by atoms with Gasteiger partial charge in [0.2, 0.25) is 0 Å². The molecule has 1 aliphatic rings. The van der Waals surface area contributed by atoms with Crippen LogP contribution < -0.4 is 0 Å². The fourth-order valence-electron chi connectivity index (χ4n) is 3.20. The van der Waals surface area contributed by atoms with E-state index in [9.17, 15) is 0 Å². The second-order valence-electron chi connectivity index (χ2n) is 6.66. The van der Waals surface area contributed by atoms with Gasteiger partial charge in [0, 0.05) is 19.0 Å². The Bertz CT molecular complexity index is 389. The quantitative estimate of drug-likeness (QED) is 0.712. The lowest BCUT2D eigenvalue weighted by Gasteiger charge is -2.32. The molecule has 2 rings (SSSR count). The molecule has 0 saturated carbocycles. The average Bonchev–Trinajstić information content (AvgIpc) is 2.60. The Balaban J connectivity index is 2.34. The summed E-state index contributed by atoms with van der Waals surface area (Å²) in [4.78, 5) is 2.48. The smallest absolute Gasteiger partial charge is 0.00508 e. The normalized spacial score (nSPS) is 26.4. The van der Waals surface area contributed by atoms with E-state index in [4.69, 9.17) is 0 Å². The fourth-order valence-corrected chi connectivity index (χ4v) is 3.20. The van der Waals surface area contributed by atoms with E-state index >= 15 is 0 Å². The molecule has 0 aromatic heterocycles. The van der Waals surface area contributed by atoms with Crippen LogP contribution in [0.4, 0.5) is 0 Å². The minimum absolute atomic E-state index is 0.387. The molecule has 0 spiro atoms. The molecule has 2 unspecified atom stereocenters. The van der Waals surface area contributed by atoms with Gasteiger partial charge in [0.05, 0.1) is 0 Å². The van der Waals surface area contributed by atoms with Gasteiger partial charge in [-0.25, -0.2) is 0 Å². The number of hydrogen-bond acceptors (Lipinski definition) is 1. The SMILES string of the molecule is Cc1ccccc1C1CN(C)CC1C(C)(C)C. The second-order valence-corrected chi connectivity index (χ2v) is 6.66. The number of nitrogens with zero attached hydrogens (tertiary/aromatic N) is 1. The summed E-state index contributed by atoms with van der Waals surface area (Å²) in [6, 6.07) is 8.88. The lowest BCUT2D eigenvalue weighted by atomic mass is 9.72. The molecular weight excluding hydrogens is 206 g/mol. The monoisotopic (exact) mass is 231 g/mol. The third-order valence-corrected chi connectivity index (χ3v) is 4.20. The molecule has 94 valence electrons. The van der Waals surface area contributed by atoms with Crippen LogP contribution in [-0.4, -0.2) is 25.0 Å². The van der Waals surface area contributed by atoms with E-state index in [0.29, 0.717) is 11.3 Å². The first kappa shape index (κ1) is 12.6. The van der Waals surface area contributed by atoms with Crippen LogP contribution in [0.3, 0.4) is 0 Å². The highest BCUT2D eigenvalue weighted by Gasteiger charge is 2.39. The number of rotatable bonds is 1. The van der Waals surface area contributed by atoms with Crippen LogP contribution in [0, 0.1) is 18.3 Å². The maximum Gasteiger partial charge on any atom is 0.00508 e. The predicted octanol–water partition coefficient (Wildman–Crippen LogP) is 3.69. The summed E-state index contributed by atoms with van der Waals surface area (Å²) in [7, 11) is 2.25. The predicted molar refractivity (Wildman–Crippen MR) is 74.4 cm³/mol. The van der Waals surface area contributed by atoms with E-state index in [1.807, 2.05) is 0 Å². The highest BCUT2D eigenvalue weighted by atomic mass is 15.1. The molecule has 17 heavy (non-hydrogen) atoms. The molecule has 1 heterocycles. The van der Waals surface area contributed by atoms with Gasteiger partial charge in [-0.15, -0.1) is 0 Å². The summed E-state index contributed by atoms with van der Waals surface area (Å²) in [5.41, 5.74) is 3.39. The molecule has 1 aliphatic heterocycles. The van der Waals surface area contributed by atoms with Crippen LogP contribution in [0.5, 0.6) is 0 Å². The summed E-state index contributed by atoms with van der Waals surface area (Å²) >= 11 is 0. The molecule has 1 nitrogen and oxygen atoms in total. The lowest BCUT2D eigenvalue weighted by molar-refractivity contribution is 0.226. The first-order valence-corrected chi connectivity index (χ1v) is 6.63. The zero-order chi connectivity index (χ0) is 12.6. The summed E-state index contributed by atoms with van der Waals surface area (Å²) in [5, 5.41) is 0. The summed E-state index contributed by atoms with van der Waals surface area (Å²) in [6.45, 7) is 11.8. The second kappa shape index (κ2) is 4.45. The molecule has 2 atom stereocenters.